The maximum absolute atomic E-state index is 12.4. The monoisotopic (exact) mass is 393 g/mol. The first kappa shape index (κ1) is 19.0. The number of hydrogen-bond donors (Lipinski definition) is 1. The highest BCUT2D eigenvalue weighted by molar-refractivity contribution is 7.14. The molecule has 0 unspecified atom stereocenters. The van der Waals surface area contributed by atoms with E-state index < -0.39 is 0 Å². The largest absolute Gasteiger partial charge is 0.378 e. The molecule has 3 heterocycles. The lowest BCUT2D eigenvalue weighted by molar-refractivity contribution is -0.133. The SMILES string of the molecule is CCOC1CCN(C(=O)Cc2csc(NC(=O)Cc3cccs3)n2)CC1. The second-order valence-corrected chi connectivity index (χ2v) is 8.05. The van der Waals surface area contributed by atoms with Crippen molar-refractivity contribution in [3.8, 4) is 0 Å². The average molecular weight is 394 g/mol. The van der Waals surface area contributed by atoms with E-state index in [4.69, 9.17) is 4.74 Å². The van der Waals surface area contributed by atoms with Gasteiger partial charge in [-0.2, -0.15) is 0 Å². The maximum Gasteiger partial charge on any atom is 0.231 e. The number of aromatic nitrogens is 1. The second-order valence-electron chi connectivity index (χ2n) is 6.16. The number of ether oxygens (including phenoxy) is 1. The Balaban J connectivity index is 1.46. The third-order valence-corrected chi connectivity index (χ3v) is 5.93. The summed E-state index contributed by atoms with van der Waals surface area (Å²) < 4.78 is 5.62. The van der Waals surface area contributed by atoms with E-state index in [1.165, 1.54) is 11.3 Å². The number of piperidine rings is 1. The van der Waals surface area contributed by atoms with Crippen molar-refractivity contribution in [2.45, 2.75) is 38.7 Å². The Labute approximate surface area is 161 Å². The number of rotatable bonds is 7. The van der Waals surface area contributed by atoms with E-state index in [1.807, 2.05) is 34.7 Å². The van der Waals surface area contributed by atoms with E-state index in [2.05, 4.69) is 10.3 Å². The Morgan fingerprint density at radius 1 is 1.31 bits per heavy atom. The van der Waals surface area contributed by atoms with Crippen molar-refractivity contribution in [1.82, 2.24) is 9.88 Å². The van der Waals surface area contributed by atoms with Crippen LogP contribution in [0.15, 0.2) is 22.9 Å². The summed E-state index contributed by atoms with van der Waals surface area (Å²) in [5, 5.41) is 7.14. The van der Waals surface area contributed by atoms with Gasteiger partial charge in [0.1, 0.15) is 0 Å². The molecule has 0 saturated carbocycles. The summed E-state index contributed by atoms with van der Waals surface area (Å²) >= 11 is 2.91. The Morgan fingerprint density at radius 2 is 2.12 bits per heavy atom. The number of anilines is 1. The first-order valence-electron chi connectivity index (χ1n) is 8.80. The number of nitrogens with one attached hydrogen (secondary N) is 1. The van der Waals surface area contributed by atoms with Crippen molar-refractivity contribution in [2.75, 3.05) is 25.0 Å². The molecule has 0 aliphatic carbocycles. The van der Waals surface area contributed by atoms with Gasteiger partial charge in [-0.15, -0.1) is 22.7 Å². The zero-order chi connectivity index (χ0) is 18.4. The van der Waals surface area contributed by atoms with Crippen molar-refractivity contribution in [3.63, 3.8) is 0 Å². The Kier molecular flexibility index (Phi) is 6.76. The van der Waals surface area contributed by atoms with Crippen LogP contribution in [-0.2, 0) is 27.2 Å². The van der Waals surface area contributed by atoms with E-state index in [-0.39, 0.29) is 24.3 Å². The molecule has 1 saturated heterocycles. The molecule has 26 heavy (non-hydrogen) atoms. The minimum Gasteiger partial charge on any atom is -0.378 e. The van der Waals surface area contributed by atoms with E-state index >= 15 is 0 Å². The Bertz CT molecular complexity index is 722. The molecule has 2 aromatic heterocycles. The van der Waals surface area contributed by atoms with Crippen molar-refractivity contribution in [2.24, 2.45) is 0 Å². The summed E-state index contributed by atoms with van der Waals surface area (Å²) in [7, 11) is 0. The normalized spacial score (nSPS) is 15.2. The lowest BCUT2D eigenvalue weighted by Crippen LogP contribution is -2.41. The van der Waals surface area contributed by atoms with Gasteiger partial charge in [0.05, 0.1) is 24.6 Å². The summed E-state index contributed by atoms with van der Waals surface area (Å²) in [6.45, 7) is 4.19. The first-order chi connectivity index (χ1) is 12.6. The average Bonchev–Trinajstić information content (AvgIpc) is 3.28. The number of amides is 2. The molecular formula is C18H23N3O3S2. The molecule has 2 aromatic rings. The zero-order valence-corrected chi connectivity index (χ0v) is 16.4. The van der Waals surface area contributed by atoms with Crippen LogP contribution in [0.25, 0.3) is 0 Å². The van der Waals surface area contributed by atoms with Crippen LogP contribution in [0.1, 0.15) is 30.3 Å². The quantitative estimate of drug-likeness (QED) is 0.785. The molecule has 8 heteroatoms. The van der Waals surface area contributed by atoms with Crippen molar-refractivity contribution >= 4 is 39.6 Å². The molecule has 6 nitrogen and oxygen atoms in total. The van der Waals surface area contributed by atoms with Gasteiger partial charge in [-0.05, 0) is 31.2 Å². The molecule has 0 bridgehead atoms. The van der Waals surface area contributed by atoms with E-state index in [0.29, 0.717) is 17.2 Å². The molecule has 2 amide bonds. The lowest BCUT2D eigenvalue weighted by atomic mass is 10.1. The predicted molar refractivity (Wildman–Crippen MR) is 104 cm³/mol. The fraction of sp³-hybridized carbons (Fsp3) is 0.500. The molecule has 1 aliphatic heterocycles. The van der Waals surface area contributed by atoms with E-state index in [9.17, 15) is 9.59 Å². The van der Waals surface area contributed by atoms with Gasteiger partial charge in [0.2, 0.25) is 11.8 Å². The summed E-state index contributed by atoms with van der Waals surface area (Å²) in [5.41, 5.74) is 0.707. The van der Waals surface area contributed by atoms with Gasteiger partial charge in [-0.25, -0.2) is 4.98 Å². The summed E-state index contributed by atoms with van der Waals surface area (Å²) in [6, 6.07) is 3.86. The highest BCUT2D eigenvalue weighted by atomic mass is 32.1. The second kappa shape index (κ2) is 9.25. The van der Waals surface area contributed by atoms with Gasteiger partial charge in [0, 0.05) is 30.0 Å². The maximum atomic E-state index is 12.4. The molecule has 0 spiro atoms. The summed E-state index contributed by atoms with van der Waals surface area (Å²) in [4.78, 5) is 31.7. The Hall–Kier alpha value is -1.77. The standard InChI is InChI=1S/C18H23N3O3S2/c1-2-24-14-5-7-21(8-6-14)17(23)10-13-12-26-18(19-13)20-16(22)11-15-4-3-9-25-15/h3-4,9,12,14H,2,5-8,10-11H2,1H3,(H,19,20,22). The topological polar surface area (TPSA) is 71.5 Å². The Morgan fingerprint density at radius 3 is 2.81 bits per heavy atom. The van der Waals surface area contributed by atoms with Crippen molar-refractivity contribution in [3.05, 3.63) is 33.5 Å². The van der Waals surface area contributed by atoms with Gasteiger partial charge in [-0.1, -0.05) is 6.07 Å². The summed E-state index contributed by atoms with van der Waals surface area (Å²) in [5.74, 6) is -0.000571. The lowest BCUT2D eigenvalue weighted by Gasteiger charge is -2.31. The number of nitrogens with zero attached hydrogens (tertiary/aromatic N) is 2. The van der Waals surface area contributed by atoms with E-state index in [1.54, 1.807) is 11.3 Å². The minimum atomic E-state index is -0.0855. The van der Waals surface area contributed by atoms with Gasteiger partial charge in [0.25, 0.3) is 0 Å². The van der Waals surface area contributed by atoms with Gasteiger partial charge < -0.3 is 15.0 Å². The third-order valence-electron chi connectivity index (χ3n) is 4.24. The molecule has 0 aromatic carbocycles. The van der Waals surface area contributed by atoms with Crippen LogP contribution in [0, 0.1) is 0 Å². The van der Waals surface area contributed by atoms with Crippen LogP contribution in [0.2, 0.25) is 0 Å². The number of thiazole rings is 1. The predicted octanol–water partition coefficient (Wildman–Crippen LogP) is 2.96. The number of likely N-dealkylation sites (tertiary alicyclic amines) is 1. The van der Waals surface area contributed by atoms with Crippen LogP contribution in [0.4, 0.5) is 5.13 Å². The molecule has 0 atom stereocenters. The molecular weight excluding hydrogens is 370 g/mol. The fourth-order valence-corrected chi connectivity index (χ4v) is 4.38. The minimum absolute atomic E-state index is 0.0849. The van der Waals surface area contributed by atoms with Crippen LogP contribution >= 0.6 is 22.7 Å². The molecule has 0 radical (unpaired) electrons. The van der Waals surface area contributed by atoms with Crippen LogP contribution in [-0.4, -0.2) is 47.5 Å². The number of carbonyl (C=O) groups excluding carboxylic acids is 2. The summed E-state index contributed by atoms with van der Waals surface area (Å²) in [6.07, 6.45) is 2.67. The highest BCUT2D eigenvalue weighted by Crippen LogP contribution is 2.19. The van der Waals surface area contributed by atoms with Crippen LogP contribution in [0.3, 0.4) is 0 Å². The first-order valence-corrected chi connectivity index (χ1v) is 10.6. The van der Waals surface area contributed by atoms with Crippen LogP contribution in [0.5, 0.6) is 0 Å². The number of hydrogen-bond acceptors (Lipinski definition) is 6. The number of thiophene rings is 1. The van der Waals surface area contributed by atoms with Gasteiger partial charge in [-0.3, -0.25) is 9.59 Å². The fourth-order valence-electron chi connectivity index (χ4n) is 2.95. The molecule has 1 N–H and O–H groups in total. The molecule has 3 rings (SSSR count). The smallest absolute Gasteiger partial charge is 0.231 e. The van der Waals surface area contributed by atoms with E-state index in [0.717, 1.165) is 37.4 Å². The highest BCUT2D eigenvalue weighted by Gasteiger charge is 2.23. The molecule has 140 valence electrons. The number of carbonyl (C=O) groups is 2. The van der Waals surface area contributed by atoms with Crippen molar-refractivity contribution in [1.29, 1.82) is 0 Å². The third kappa shape index (κ3) is 5.36. The van der Waals surface area contributed by atoms with Gasteiger partial charge >= 0.3 is 0 Å². The molecule has 1 fully saturated rings. The van der Waals surface area contributed by atoms with Crippen LogP contribution < -0.4 is 5.32 Å². The zero-order valence-electron chi connectivity index (χ0n) is 14.8. The van der Waals surface area contributed by atoms with Gasteiger partial charge in [0.15, 0.2) is 5.13 Å². The van der Waals surface area contributed by atoms with Crippen molar-refractivity contribution < 1.29 is 14.3 Å². The molecule has 1 aliphatic rings.